The van der Waals surface area contributed by atoms with Crippen LogP contribution in [0.1, 0.15) is 18.4 Å². The van der Waals surface area contributed by atoms with Crippen LogP contribution in [0.5, 0.6) is 5.75 Å². The van der Waals surface area contributed by atoms with Crippen molar-refractivity contribution in [2.45, 2.75) is 30.6 Å². The predicted molar refractivity (Wildman–Crippen MR) is 75.9 cm³/mol. The number of hydrogen-bond acceptors (Lipinski definition) is 4. The molecule has 3 amide bonds. The molecule has 110 valence electrons. The Labute approximate surface area is 129 Å². The number of hydrogen-bond donors (Lipinski definition) is 2. The summed E-state index contributed by atoms with van der Waals surface area (Å²) in [5.41, 5.74) is -0.581. The number of nitrogens with one attached hydrogen (secondary N) is 2. The van der Waals surface area contributed by atoms with E-state index in [4.69, 9.17) is 9.47 Å². The topological polar surface area (TPSA) is 76.7 Å². The molecule has 0 aliphatic carbocycles. The van der Waals surface area contributed by atoms with Crippen LogP contribution in [0.2, 0.25) is 0 Å². The first-order chi connectivity index (χ1) is 10.1. The van der Waals surface area contributed by atoms with Gasteiger partial charge in [-0.25, -0.2) is 4.79 Å². The van der Waals surface area contributed by atoms with E-state index >= 15 is 0 Å². The molecular formula is C14H13BrN2O4. The molecule has 1 spiro atoms. The van der Waals surface area contributed by atoms with Gasteiger partial charge in [0, 0.05) is 16.6 Å². The van der Waals surface area contributed by atoms with E-state index in [2.05, 4.69) is 26.6 Å². The highest BCUT2D eigenvalue weighted by atomic mass is 79.9. The maximum absolute atomic E-state index is 12.5. The average molecular weight is 353 g/mol. The first-order valence-electron chi connectivity index (χ1n) is 6.83. The average Bonchev–Trinajstić information content (AvgIpc) is 2.76. The summed E-state index contributed by atoms with van der Waals surface area (Å²) in [5.74, 6) is 0.231. The zero-order valence-corrected chi connectivity index (χ0v) is 12.6. The summed E-state index contributed by atoms with van der Waals surface area (Å²) < 4.78 is 12.6. The van der Waals surface area contributed by atoms with Crippen molar-refractivity contribution in [3.05, 3.63) is 28.2 Å². The highest BCUT2D eigenvalue weighted by Gasteiger charge is 2.61. The highest BCUT2D eigenvalue weighted by molar-refractivity contribution is 9.10. The lowest BCUT2D eigenvalue weighted by atomic mass is 9.77. The number of rotatable bonds is 0. The summed E-state index contributed by atoms with van der Waals surface area (Å²) in [6, 6.07) is 4.96. The Morgan fingerprint density at radius 3 is 2.95 bits per heavy atom. The number of benzene rings is 1. The summed E-state index contributed by atoms with van der Waals surface area (Å²) in [6.45, 7) is 0.554. The first kappa shape index (κ1) is 13.1. The smallest absolute Gasteiger partial charge is 0.322 e. The lowest BCUT2D eigenvalue weighted by Gasteiger charge is -2.46. The van der Waals surface area contributed by atoms with Crippen molar-refractivity contribution in [1.29, 1.82) is 0 Å². The summed E-state index contributed by atoms with van der Waals surface area (Å²) in [4.78, 5) is 24.3. The molecular weight excluding hydrogens is 340 g/mol. The van der Waals surface area contributed by atoms with Crippen LogP contribution in [-0.2, 0) is 15.1 Å². The molecule has 2 fully saturated rings. The van der Waals surface area contributed by atoms with Crippen molar-refractivity contribution in [3.63, 3.8) is 0 Å². The van der Waals surface area contributed by atoms with Crippen LogP contribution in [0.15, 0.2) is 22.7 Å². The second-order valence-electron chi connectivity index (χ2n) is 5.45. The van der Waals surface area contributed by atoms with Crippen LogP contribution < -0.4 is 15.4 Å². The molecule has 3 aliphatic rings. The fraction of sp³-hybridized carbons (Fsp3) is 0.429. The maximum atomic E-state index is 12.5. The van der Waals surface area contributed by atoms with Gasteiger partial charge >= 0.3 is 6.03 Å². The van der Waals surface area contributed by atoms with E-state index in [1.165, 1.54) is 0 Å². The van der Waals surface area contributed by atoms with Crippen molar-refractivity contribution < 1.29 is 19.1 Å². The van der Waals surface area contributed by atoms with Crippen molar-refractivity contribution >= 4 is 27.9 Å². The second kappa shape index (κ2) is 4.45. The SMILES string of the molecule is O=C1NC(=O)[C@]2(N1)c1cc(Br)ccc1O[C@H]1CCCO[C@H]12. The number of halogens is 1. The van der Waals surface area contributed by atoms with E-state index in [0.717, 1.165) is 17.3 Å². The van der Waals surface area contributed by atoms with Gasteiger partial charge in [-0.2, -0.15) is 0 Å². The summed E-state index contributed by atoms with van der Waals surface area (Å²) in [6.07, 6.45) is 0.917. The fourth-order valence-corrected chi connectivity index (χ4v) is 3.73. The summed E-state index contributed by atoms with van der Waals surface area (Å²) in [7, 11) is 0. The van der Waals surface area contributed by atoms with E-state index in [-0.39, 0.29) is 12.0 Å². The van der Waals surface area contributed by atoms with Gasteiger partial charge in [0.25, 0.3) is 5.91 Å². The van der Waals surface area contributed by atoms with E-state index in [9.17, 15) is 9.59 Å². The van der Waals surface area contributed by atoms with Gasteiger partial charge in [-0.05, 0) is 31.0 Å². The number of ether oxygens (including phenoxy) is 2. The molecule has 3 atom stereocenters. The van der Waals surface area contributed by atoms with Crippen LogP contribution in [0.25, 0.3) is 0 Å². The van der Waals surface area contributed by atoms with Crippen molar-refractivity contribution in [2.75, 3.05) is 6.61 Å². The van der Waals surface area contributed by atoms with Gasteiger partial charge in [0.2, 0.25) is 0 Å². The van der Waals surface area contributed by atoms with E-state index in [0.29, 0.717) is 17.9 Å². The van der Waals surface area contributed by atoms with Crippen LogP contribution >= 0.6 is 15.9 Å². The lowest BCUT2D eigenvalue weighted by molar-refractivity contribution is -0.148. The number of amides is 3. The maximum Gasteiger partial charge on any atom is 0.322 e. The van der Waals surface area contributed by atoms with Gasteiger partial charge in [0.15, 0.2) is 5.54 Å². The Morgan fingerprint density at radius 1 is 1.33 bits per heavy atom. The van der Waals surface area contributed by atoms with E-state index < -0.39 is 17.7 Å². The Kier molecular flexibility index (Phi) is 2.77. The molecule has 0 saturated carbocycles. The third kappa shape index (κ3) is 1.74. The molecule has 1 aromatic rings. The van der Waals surface area contributed by atoms with E-state index in [1.54, 1.807) is 6.07 Å². The van der Waals surface area contributed by atoms with Crippen LogP contribution in [0, 0.1) is 0 Å². The van der Waals surface area contributed by atoms with Crippen LogP contribution in [-0.4, -0.2) is 30.8 Å². The second-order valence-corrected chi connectivity index (χ2v) is 6.36. The molecule has 1 aromatic carbocycles. The predicted octanol–water partition coefficient (Wildman–Crippen LogP) is 1.42. The van der Waals surface area contributed by atoms with Crippen molar-refractivity contribution in [3.8, 4) is 5.75 Å². The molecule has 2 N–H and O–H groups in total. The van der Waals surface area contributed by atoms with Gasteiger partial charge in [-0.3, -0.25) is 10.1 Å². The van der Waals surface area contributed by atoms with E-state index in [1.807, 2.05) is 12.1 Å². The molecule has 0 radical (unpaired) electrons. The van der Waals surface area contributed by atoms with Crippen LogP contribution in [0.4, 0.5) is 4.79 Å². The molecule has 3 aliphatic heterocycles. The van der Waals surface area contributed by atoms with Gasteiger partial charge in [0.1, 0.15) is 18.0 Å². The molecule has 0 aromatic heterocycles. The standard InChI is InChI=1S/C14H13BrN2O4/c15-7-3-4-9-8(6-7)14(12(18)16-13(19)17-14)11-10(21-9)2-1-5-20-11/h3-4,6,10-11H,1-2,5H2,(H2,16,17,18,19)/t10-,11+,14-/m0/s1. The minimum atomic E-state index is -1.21. The van der Waals surface area contributed by atoms with Crippen molar-refractivity contribution in [1.82, 2.24) is 10.6 Å². The van der Waals surface area contributed by atoms with Crippen LogP contribution in [0.3, 0.4) is 0 Å². The third-order valence-corrected chi connectivity index (χ3v) is 4.73. The zero-order valence-electron chi connectivity index (χ0n) is 11.0. The number of fused-ring (bicyclic) bond motifs is 4. The van der Waals surface area contributed by atoms with Gasteiger partial charge in [0.05, 0.1) is 0 Å². The van der Waals surface area contributed by atoms with Gasteiger partial charge < -0.3 is 14.8 Å². The Balaban J connectivity index is 1.94. The summed E-state index contributed by atoms with van der Waals surface area (Å²) in [5, 5.41) is 5.11. The quantitative estimate of drug-likeness (QED) is 0.692. The Hall–Kier alpha value is -1.60. The fourth-order valence-electron chi connectivity index (χ4n) is 3.37. The molecule has 3 heterocycles. The lowest BCUT2D eigenvalue weighted by Crippen LogP contribution is -2.63. The molecule has 2 saturated heterocycles. The molecule has 6 nitrogen and oxygen atoms in total. The minimum absolute atomic E-state index is 0.239. The Bertz CT molecular complexity index is 650. The molecule has 21 heavy (non-hydrogen) atoms. The normalized spacial score (nSPS) is 33.8. The third-order valence-electron chi connectivity index (χ3n) is 4.24. The summed E-state index contributed by atoms with van der Waals surface area (Å²) >= 11 is 3.40. The molecule has 0 bridgehead atoms. The zero-order chi connectivity index (χ0) is 14.6. The molecule has 0 unspecified atom stereocenters. The van der Waals surface area contributed by atoms with Crippen molar-refractivity contribution in [2.24, 2.45) is 0 Å². The Morgan fingerprint density at radius 2 is 2.19 bits per heavy atom. The number of carbonyl (C=O) groups is 2. The van der Waals surface area contributed by atoms with Gasteiger partial charge in [-0.1, -0.05) is 15.9 Å². The molecule has 4 rings (SSSR count). The molecule has 7 heteroatoms. The highest BCUT2D eigenvalue weighted by Crippen LogP contribution is 2.45. The largest absolute Gasteiger partial charge is 0.487 e. The number of urea groups is 1. The van der Waals surface area contributed by atoms with Gasteiger partial charge in [-0.15, -0.1) is 0 Å². The number of carbonyl (C=O) groups excluding carboxylic acids is 2. The monoisotopic (exact) mass is 352 g/mol. The first-order valence-corrected chi connectivity index (χ1v) is 7.62. The minimum Gasteiger partial charge on any atom is -0.487 e. The number of imide groups is 1.